The number of methoxy groups -OCH3 is 1. The van der Waals surface area contributed by atoms with E-state index in [2.05, 4.69) is 10.4 Å². The van der Waals surface area contributed by atoms with E-state index in [-0.39, 0.29) is 17.9 Å². The van der Waals surface area contributed by atoms with Crippen LogP contribution in [-0.2, 0) is 11.3 Å². The molecule has 1 aromatic carbocycles. The van der Waals surface area contributed by atoms with Crippen LogP contribution in [0.5, 0.6) is 11.5 Å². The molecule has 1 N–H and O–H groups in total. The number of nitrogens with zero attached hydrogens (tertiary/aromatic N) is 2. The number of halogens is 1. The molecule has 0 saturated carbocycles. The molecule has 2 aromatic rings. The number of hydrogen-bond acceptors (Lipinski definition) is 4. The lowest BCUT2D eigenvalue weighted by molar-refractivity contribution is -0.116. The summed E-state index contributed by atoms with van der Waals surface area (Å²) in [6.07, 6.45) is 0.265. The van der Waals surface area contributed by atoms with E-state index < -0.39 is 0 Å². The lowest BCUT2D eigenvalue weighted by Gasteiger charge is -2.27. The van der Waals surface area contributed by atoms with E-state index in [1.54, 1.807) is 13.2 Å². The van der Waals surface area contributed by atoms with Gasteiger partial charge in [0.25, 0.3) is 0 Å². The third-order valence-corrected chi connectivity index (χ3v) is 4.76. The maximum absolute atomic E-state index is 12.3. The maximum atomic E-state index is 12.3. The highest BCUT2D eigenvalue weighted by Gasteiger charge is 2.34. The molecule has 0 fully saturated rings. The van der Waals surface area contributed by atoms with Crippen LogP contribution in [0, 0.1) is 6.92 Å². The Morgan fingerprint density at radius 1 is 1.42 bits per heavy atom. The first-order valence-electron chi connectivity index (χ1n) is 8.76. The third kappa shape index (κ3) is 3.26. The van der Waals surface area contributed by atoms with Gasteiger partial charge in [-0.15, -0.1) is 0 Å². The molecule has 1 unspecified atom stereocenters. The predicted molar refractivity (Wildman–Crippen MR) is 101 cm³/mol. The van der Waals surface area contributed by atoms with Crippen molar-refractivity contribution < 1.29 is 14.3 Å². The Morgan fingerprint density at radius 2 is 2.15 bits per heavy atom. The van der Waals surface area contributed by atoms with Crippen LogP contribution in [-0.4, -0.2) is 28.9 Å². The second-order valence-corrected chi connectivity index (χ2v) is 7.10. The van der Waals surface area contributed by atoms with Crippen LogP contribution >= 0.6 is 11.6 Å². The highest BCUT2D eigenvalue weighted by Crippen LogP contribution is 2.46. The zero-order chi connectivity index (χ0) is 19.0. The first kappa shape index (κ1) is 18.6. The number of aromatic nitrogens is 2. The number of nitrogens with one attached hydrogen (secondary N) is 1. The summed E-state index contributed by atoms with van der Waals surface area (Å²) in [5, 5.41) is 7.96. The molecule has 3 rings (SSSR count). The van der Waals surface area contributed by atoms with E-state index in [0.29, 0.717) is 28.8 Å². The summed E-state index contributed by atoms with van der Waals surface area (Å²) in [6.45, 7) is 8.69. The van der Waals surface area contributed by atoms with E-state index in [1.165, 1.54) is 0 Å². The molecule has 0 radical (unpaired) electrons. The lowest BCUT2D eigenvalue weighted by atomic mass is 9.85. The summed E-state index contributed by atoms with van der Waals surface area (Å²) in [5.41, 5.74) is 2.88. The molecular formula is C19H24ClN3O3. The van der Waals surface area contributed by atoms with Crippen molar-refractivity contribution in [1.82, 2.24) is 9.78 Å². The average Bonchev–Trinajstić information content (AvgIpc) is 2.90. The molecule has 0 saturated heterocycles. The molecule has 0 spiro atoms. The molecule has 1 aliphatic rings. The van der Waals surface area contributed by atoms with Gasteiger partial charge in [0.1, 0.15) is 0 Å². The van der Waals surface area contributed by atoms with Crippen LogP contribution in [0.1, 0.15) is 49.9 Å². The normalized spacial score (nSPS) is 16.4. The summed E-state index contributed by atoms with van der Waals surface area (Å²) >= 11 is 6.34. The summed E-state index contributed by atoms with van der Waals surface area (Å²) in [6, 6.07) is 3.59. The van der Waals surface area contributed by atoms with Gasteiger partial charge >= 0.3 is 0 Å². The molecule has 1 atom stereocenters. The average molecular weight is 378 g/mol. The fourth-order valence-electron chi connectivity index (χ4n) is 3.47. The van der Waals surface area contributed by atoms with Crippen LogP contribution in [0.15, 0.2) is 12.1 Å². The quantitative estimate of drug-likeness (QED) is 0.850. The fourth-order valence-corrected chi connectivity index (χ4v) is 3.69. The zero-order valence-electron chi connectivity index (χ0n) is 15.7. The van der Waals surface area contributed by atoms with E-state index in [9.17, 15) is 4.79 Å². The number of aryl methyl sites for hydroxylation is 1. The van der Waals surface area contributed by atoms with Gasteiger partial charge in [0.05, 0.1) is 13.2 Å². The minimum Gasteiger partial charge on any atom is -0.493 e. The minimum atomic E-state index is -0.194. The Hall–Kier alpha value is -2.21. The van der Waals surface area contributed by atoms with Gasteiger partial charge in [-0.1, -0.05) is 11.6 Å². The number of fused-ring (bicyclic) bond motifs is 1. The maximum Gasteiger partial charge on any atom is 0.226 e. The minimum absolute atomic E-state index is 0.0415. The Morgan fingerprint density at radius 3 is 2.77 bits per heavy atom. The highest BCUT2D eigenvalue weighted by atomic mass is 35.5. The third-order valence-electron chi connectivity index (χ3n) is 4.55. The number of carbonyl (C=O) groups is 1. The van der Waals surface area contributed by atoms with Gasteiger partial charge in [-0.3, -0.25) is 9.48 Å². The van der Waals surface area contributed by atoms with Gasteiger partial charge in [-0.25, -0.2) is 0 Å². The molecular weight excluding hydrogens is 354 g/mol. The number of benzene rings is 1. The number of anilines is 1. The van der Waals surface area contributed by atoms with Crippen molar-refractivity contribution >= 4 is 23.3 Å². The highest BCUT2D eigenvalue weighted by molar-refractivity contribution is 6.30. The van der Waals surface area contributed by atoms with Gasteiger partial charge in [-0.05, 0) is 33.8 Å². The largest absolute Gasteiger partial charge is 0.493 e. The number of carbonyl (C=O) groups excluding carboxylic acids is 1. The van der Waals surface area contributed by atoms with Crippen molar-refractivity contribution in [3.05, 3.63) is 34.0 Å². The molecule has 0 bridgehead atoms. The predicted octanol–water partition coefficient (Wildman–Crippen LogP) is 4.13. The summed E-state index contributed by atoms with van der Waals surface area (Å²) < 4.78 is 13.5. The van der Waals surface area contributed by atoms with E-state index in [0.717, 1.165) is 23.4 Å². The molecule has 1 aliphatic heterocycles. The first-order valence-corrected chi connectivity index (χ1v) is 9.14. The van der Waals surface area contributed by atoms with Crippen molar-refractivity contribution in [3.63, 3.8) is 0 Å². The van der Waals surface area contributed by atoms with E-state index in [4.69, 9.17) is 21.1 Å². The second-order valence-electron chi connectivity index (χ2n) is 6.66. The van der Waals surface area contributed by atoms with Crippen LogP contribution in [0.4, 0.5) is 5.82 Å². The number of rotatable bonds is 5. The van der Waals surface area contributed by atoms with E-state index in [1.807, 2.05) is 38.4 Å². The summed E-state index contributed by atoms with van der Waals surface area (Å²) in [7, 11) is 1.59. The SMILES string of the molecule is CCn1nc2c(c1C)C(c1cc(Cl)cc(OC)c1OC(C)C)CC(=O)N2. The Labute approximate surface area is 158 Å². The molecule has 7 heteroatoms. The zero-order valence-corrected chi connectivity index (χ0v) is 16.5. The van der Waals surface area contributed by atoms with Gasteiger partial charge < -0.3 is 14.8 Å². The van der Waals surface area contributed by atoms with Crippen LogP contribution in [0.25, 0.3) is 0 Å². The second kappa shape index (κ2) is 7.19. The summed E-state index contributed by atoms with van der Waals surface area (Å²) in [4.78, 5) is 12.3. The monoisotopic (exact) mass is 377 g/mol. The molecule has 1 amide bonds. The molecule has 6 nitrogen and oxygen atoms in total. The number of ether oxygens (including phenoxy) is 2. The van der Waals surface area contributed by atoms with Gasteiger partial charge in [-0.2, -0.15) is 5.10 Å². The van der Waals surface area contributed by atoms with Gasteiger partial charge in [0, 0.05) is 46.8 Å². The lowest BCUT2D eigenvalue weighted by Crippen LogP contribution is -2.24. The first-order chi connectivity index (χ1) is 12.3. The topological polar surface area (TPSA) is 65.4 Å². The van der Waals surface area contributed by atoms with Crippen molar-refractivity contribution in [2.24, 2.45) is 0 Å². The summed E-state index contributed by atoms with van der Waals surface area (Å²) in [5.74, 6) is 1.54. The van der Waals surface area contributed by atoms with E-state index >= 15 is 0 Å². The van der Waals surface area contributed by atoms with Crippen molar-refractivity contribution in [3.8, 4) is 11.5 Å². The van der Waals surface area contributed by atoms with Crippen molar-refractivity contribution in [2.75, 3.05) is 12.4 Å². The molecule has 26 heavy (non-hydrogen) atoms. The van der Waals surface area contributed by atoms with Crippen molar-refractivity contribution in [1.29, 1.82) is 0 Å². The van der Waals surface area contributed by atoms with Crippen LogP contribution < -0.4 is 14.8 Å². The molecule has 1 aromatic heterocycles. The Kier molecular flexibility index (Phi) is 5.14. The number of amides is 1. The van der Waals surface area contributed by atoms with Crippen LogP contribution in [0.2, 0.25) is 5.02 Å². The fraction of sp³-hybridized carbons (Fsp3) is 0.474. The van der Waals surface area contributed by atoms with Gasteiger partial charge in [0.15, 0.2) is 17.3 Å². The van der Waals surface area contributed by atoms with Gasteiger partial charge in [0.2, 0.25) is 5.91 Å². The Bertz CT molecular complexity index is 845. The molecule has 0 aliphatic carbocycles. The Balaban J connectivity index is 2.22. The standard InChI is InChI=1S/C19H24ClN3O3/c1-6-23-11(4)17-13(9-16(24)21-19(17)22-23)14-7-12(20)8-15(25-5)18(14)26-10(2)3/h7-8,10,13H,6,9H2,1-5H3,(H,21,22,24). The van der Waals surface area contributed by atoms with Crippen LogP contribution in [0.3, 0.4) is 0 Å². The smallest absolute Gasteiger partial charge is 0.226 e. The molecule has 2 heterocycles. The number of hydrogen-bond donors (Lipinski definition) is 1. The van der Waals surface area contributed by atoms with Crippen molar-refractivity contribution in [2.45, 2.75) is 52.7 Å². The molecule has 140 valence electrons.